The fourth-order valence-electron chi connectivity index (χ4n) is 3.46. The van der Waals surface area contributed by atoms with Gasteiger partial charge in [0.15, 0.2) is 0 Å². The van der Waals surface area contributed by atoms with E-state index in [1.807, 2.05) is 42.1 Å². The summed E-state index contributed by atoms with van der Waals surface area (Å²) >= 11 is 1.93. The summed E-state index contributed by atoms with van der Waals surface area (Å²) < 4.78 is 5.26. The molecular formula is C17H22N2O3S. The highest BCUT2D eigenvalue weighted by Gasteiger charge is 2.48. The third kappa shape index (κ3) is 3.80. The molecule has 0 aromatic heterocycles. The number of nitrogens with one attached hydrogen (secondary N) is 1. The molecule has 0 radical (unpaired) electrons. The van der Waals surface area contributed by atoms with Crippen molar-refractivity contribution in [1.29, 1.82) is 0 Å². The molecule has 124 valence electrons. The number of nitrogens with two attached hydrogens (primary N) is 1. The number of ether oxygens (including phenoxy) is 1. The number of fused-ring (bicyclic) bond motifs is 2. The van der Waals surface area contributed by atoms with Gasteiger partial charge in [-0.3, -0.25) is 4.79 Å². The molecule has 2 unspecified atom stereocenters. The van der Waals surface area contributed by atoms with Crippen LogP contribution < -0.4 is 11.1 Å². The molecule has 0 saturated carbocycles. The van der Waals surface area contributed by atoms with Crippen molar-refractivity contribution in [3.8, 4) is 0 Å². The summed E-state index contributed by atoms with van der Waals surface area (Å²) in [5.41, 5.74) is 5.59. The summed E-state index contributed by atoms with van der Waals surface area (Å²) in [4.78, 5) is 24.2. The summed E-state index contributed by atoms with van der Waals surface area (Å²) in [6.45, 7) is 0.184. The zero-order valence-corrected chi connectivity index (χ0v) is 13.8. The molecule has 2 amide bonds. The molecule has 1 aromatic carbocycles. The minimum atomic E-state index is -0.964. The highest BCUT2D eigenvalue weighted by Crippen LogP contribution is 2.45. The van der Waals surface area contributed by atoms with E-state index in [1.54, 1.807) is 0 Å². The molecule has 2 aliphatic heterocycles. The van der Waals surface area contributed by atoms with Gasteiger partial charge in [-0.05, 0) is 31.2 Å². The van der Waals surface area contributed by atoms with Gasteiger partial charge >= 0.3 is 6.09 Å². The van der Waals surface area contributed by atoms with Crippen molar-refractivity contribution in [3.05, 3.63) is 35.9 Å². The van der Waals surface area contributed by atoms with E-state index in [4.69, 9.17) is 10.5 Å². The van der Waals surface area contributed by atoms with E-state index in [-0.39, 0.29) is 6.61 Å². The molecule has 0 spiro atoms. The monoisotopic (exact) mass is 334 g/mol. The lowest BCUT2D eigenvalue weighted by Gasteiger charge is -2.44. The maximum Gasteiger partial charge on any atom is 0.408 e. The predicted octanol–water partition coefficient (Wildman–Crippen LogP) is 2.58. The van der Waals surface area contributed by atoms with Crippen molar-refractivity contribution in [1.82, 2.24) is 5.32 Å². The van der Waals surface area contributed by atoms with Crippen molar-refractivity contribution in [2.24, 2.45) is 5.73 Å². The Hall–Kier alpha value is -1.69. The van der Waals surface area contributed by atoms with Crippen LogP contribution in [0.25, 0.3) is 0 Å². The Morgan fingerprint density at radius 1 is 1.22 bits per heavy atom. The molecule has 23 heavy (non-hydrogen) atoms. The maximum atomic E-state index is 12.2. The minimum Gasteiger partial charge on any atom is -0.445 e. The van der Waals surface area contributed by atoms with E-state index >= 15 is 0 Å². The third-order valence-electron chi connectivity index (χ3n) is 4.62. The van der Waals surface area contributed by atoms with Crippen LogP contribution in [0.5, 0.6) is 0 Å². The second-order valence-electron chi connectivity index (χ2n) is 6.35. The first-order chi connectivity index (χ1) is 11.1. The van der Waals surface area contributed by atoms with Gasteiger partial charge in [0.05, 0.1) is 0 Å². The zero-order valence-electron chi connectivity index (χ0n) is 13.0. The summed E-state index contributed by atoms with van der Waals surface area (Å²) in [6.07, 6.45) is 3.98. The molecule has 2 bridgehead atoms. The number of alkyl carbamates (subject to hydrolysis) is 1. The number of carbonyl (C=O) groups excluding carboxylic acids is 2. The SMILES string of the molecule is NC(=O)C1(NC(=O)OCc2ccccc2)CC2CCCC(C1)S2. The Bertz CT molecular complexity index is 566. The van der Waals surface area contributed by atoms with Crippen LogP contribution in [0.3, 0.4) is 0 Å². The number of rotatable bonds is 4. The quantitative estimate of drug-likeness (QED) is 0.887. The van der Waals surface area contributed by atoms with Gasteiger partial charge in [-0.2, -0.15) is 11.8 Å². The number of hydrogen-bond donors (Lipinski definition) is 2. The molecular weight excluding hydrogens is 312 g/mol. The van der Waals surface area contributed by atoms with Crippen LogP contribution in [0.15, 0.2) is 30.3 Å². The summed E-state index contributed by atoms with van der Waals surface area (Å²) in [5, 5.41) is 3.57. The van der Waals surface area contributed by atoms with E-state index in [9.17, 15) is 9.59 Å². The largest absolute Gasteiger partial charge is 0.445 e. The van der Waals surface area contributed by atoms with Gasteiger partial charge in [0.25, 0.3) is 0 Å². The molecule has 2 atom stereocenters. The topological polar surface area (TPSA) is 81.4 Å². The molecule has 2 heterocycles. The molecule has 5 nitrogen and oxygen atoms in total. The van der Waals surface area contributed by atoms with E-state index < -0.39 is 17.5 Å². The third-order valence-corrected chi connectivity index (χ3v) is 6.19. The molecule has 3 N–H and O–H groups in total. The lowest BCUT2D eigenvalue weighted by molar-refractivity contribution is -0.125. The van der Waals surface area contributed by atoms with Crippen molar-refractivity contribution in [2.45, 2.75) is 54.7 Å². The summed E-state index contributed by atoms with van der Waals surface area (Å²) in [7, 11) is 0. The van der Waals surface area contributed by atoms with Crippen LogP contribution in [0.4, 0.5) is 4.79 Å². The molecule has 0 aliphatic carbocycles. The van der Waals surface area contributed by atoms with Crippen LogP contribution in [0.2, 0.25) is 0 Å². The maximum absolute atomic E-state index is 12.2. The molecule has 3 rings (SSSR count). The Labute approximate surface area is 140 Å². The molecule has 2 saturated heterocycles. The molecule has 1 aromatic rings. The van der Waals surface area contributed by atoms with E-state index in [0.29, 0.717) is 23.3 Å². The van der Waals surface area contributed by atoms with Gasteiger partial charge in [0, 0.05) is 10.5 Å². The average Bonchev–Trinajstić information content (AvgIpc) is 2.53. The normalized spacial score (nSPS) is 29.6. The number of carbonyl (C=O) groups is 2. The van der Waals surface area contributed by atoms with Crippen LogP contribution >= 0.6 is 11.8 Å². The van der Waals surface area contributed by atoms with Crippen LogP contribution in [-0.2, 0) is 16.1 Å². The molecule has 2 fully saturated rings. The van der Waals surface area contributed by atoms with Crippen molar-refractivity contribution >= 4 is 23.8 Å². The van der Waals surface area contributed by atoms with Crippen LogP contribution in [-0.4, -0.2) is 28.0 Å². The molecule has 2 aliphatic rings. The van der Waals surface area contributed by atoms with Gasteiger partial charge in [-0.1, -0.05) is 36.8 Å². The van der Waals surface area contributed by atoms with Crippen LogP contribution in [0.1, 0.15) is 37.7 Å². The van der Waals surface area contributed by atoms with Gasteiger partial charge in [-0.15, -0.1) is 0 Å². The van der Waals surface area contributed by atoms with Crippen molar-refractivity contribution in [2.75, 3.05) is 0 Å². The molecule has 6 heteroatoms. The first-order valence-electron chi connectivity index (χ1n) is 8.02. The van der Waals surface area contributed by atoms with Gasteiger partial charge in [0.2, 0.25) is 5.91 Å². The Morgan fingerprint density at radius 3 is 2.48 bits per heavy atom. The lowest BCUT2D eigenvalue weighted by Crippen LogP contribution is -2.62. The second-order valence-corrected chi connectivity index (χ2v) is 7.96. The highest BCUT2D eigenvalue weighted by atomic mass is 32.2. The fourth-order valence-corrected chi connectivity index (χ4v) is 5.37. The number of benzene rings is 1. The van der Waals surface area contributed by atoms with Gasteiger partial charge < -0.3 is 15.8 Å². The minimum absolute atomic E-state index is 0.184. The lowest BCUT2D eigenvalue weighted by atomic mass is 9.82. The Balaban J connectivity index is 1.63. The Kier molecular flexibility index (Phi) is 4.80. The number of amides is 2. The zero-order chi connectivity index (χ0) is 16.3. The number of primary amides is 1. The second kappa shape index (κ2) is 6.83. The average molecular weight is 334 g/mol. The number of thioether (sulfide) groups is 1. The highest BCUT2D eigenvalue weighted by molar-refractivity contribution is 8.00. The Morgan fingerprint density at radius 2 is 1.87 bits per heavy atom. The standard InChI is InChI=1S/C17H22N2O3S/c18-15(20)17(9-13-7-4-8-14(10-17)23-13)19-16(21)22-11-12-5-2-1-3-6-12/h1-3,5-6,13-14H,4,7-11H2,(H2,18,20)(H,19,21). The van der Waals surface area contributed by atoms with Crippen molar-refractivity contribution in [3.63, 3.8) is 0 Å². The van der Waals surface area contributed by atoms with E-state index in [2.05, 4.69) is 5.32 Å². The smallest absolute Gasteiger partial charge is 0.408 e. The summed E-state index contributed by atoms with van der Waals surface area (Å²) in [5.74, 6) is -0.452. The van der Waals surface area contributed by atoms with Crippen molar-refractivity contribution < 1.29 is 14.3 Å². The first kappa shape index (κ1) is 16.2. The number of hydrogen-bond acceptors (Lipinski definition) is 4. The predicted molar refractivity (Wildman–Crippen MR) is 89.9 cm³/mol. The first-order valence-corrected chi connectivity index (χ1v) is 8.96. The van der Waals surface area contributed by atoms with Crippen LogP contribution in [0, 0.1) is 0 Å². The van der Waals surface area contributed by atoms with Gasteiger partial charge in [0.1, 0.15) is 12.1 Å². The summed E-state index contributed by atoms with van der Waals surface area (Å²) in [6, 6.07) is 9.46. The fraction of sp³-hybridized carbons (Fsp3) is 0.529. The van der Waals surface area contributed by atoms with Gasteiger partial charge in [-0.25, -0.2) is 4.79 Å². The van der Waals surface area contributed by atoms with E-state index in [0.717, 1.165) is 18.4 Å². The van der Waals surface area contributed by atoms with E-state index in [1.165, 1.54) is 6.42 Å².